The highest BCUT2D eigenvalue weighted by Crippen LogP contribution is 2.33. The number of hydrogen-bond acceptors (Lipinski definition) is 6. The first-order chi connectivity index (χ1) is 17.4. The predicted octanol–water partition coefficient (Wildman–Crippen LogP) is 5.81. The van der Waals surface area contributed by atoms with Crippen LogP contribution >= 0.6 is 15.9 Å². The van der Waals surface area contributed by atoms with Gasteiger partial charge in [-0.05, 0) is 74.5 Å². The molecule has 0 aliphatic carbocycles. The summed E-state index contributed by atoms with van der Waals surface area (Å²) in [6.07, 6.45) is 1.47. The highest BCUT2D eigenvalue weighted by Gasteiger charge is 2.13. The lowest BCUT2D eigenvalue weighted by Gasteiger charge is -2.11. The predicted molar refractivity (Wildman–Crippen MR) is 141 cm³/mol. The number of nitrogens with zero attached hydrogens (tertiary/aromatic N) is 2. The number of amides is 1. The molecule has 1 amide bonds. The normalized spacial score (nSPS) is 11.0. The number of rotatable bonds is 9. The van der Waals surface area contributed by atoms with Gasteiger partial charge in [0.1, 0.15) is 18.1 Å². The van der Waals surface area contributed by atoms with Gasteiger partial charge in [-0.2, -0.15) is 5.10 Å². The molecule has 0 saturated heterocycles. The average molecular weight is 552 g/mol. The molecule has 0 fully saturated rings. The molecule has 0 spiro atoms. The molecular weight excluding hydrogens is 526 g/mol. The number of nitrogens with one attached hydrogen (secondary N) is 1. The summed E-state index contributed by atoms with van der Waals surface area (Å²) < 4.78 is 25.1. The van der Waals surface area contributed by atoms with Crippen molar-refractivity contribution in [3.63, 3.8) is 0 Å². The summed E-state index contributed by atoms with van der Waals surface area (Å²) in [4.78, 5) is 12.4. The number of aromatic nitrogens is 1. The van der Waals surface area contributed by atoms with Crippen molar-refractivity contribution in [3.8, 4) is 22.9 Å². The third kappa shape index (κ3) is 5.63. The number of carbonyl (C=O) groups excluding carboxylic acids is 1. The fourth-order valence-electron chi connectivity index (χ4n) is 3.77. The van der Waals surface area contributed by atoms with Crippen molar-refractivity contribution in [2.75, 3.05) is 14.2 Å². The van der Waals surface area contributed by atoms with E-state index >= 15 is 0 Å². The van der Waals surface area contributed by atoms with E-state index < -0.39 is 5.91 Å². The fourth-order valence-corrected chi connectivity index (χ4v) is 4.22. The van der Waals surface area contributed by atoms with Crippen molar-refractivity contribution >= 4 is 28.1 Å². The first-order valence-corrected chi connectivity index (χ1v) is 11.9. The van der Waals surface area contributed by atoms with E-state index in [1.807, 2.05) is 24.3 Å². The van der Waals surface area contributed by atoms with Gasteiger partial charge in [-0.3, -0.25) is 4.79 Å². The van der Waals surface area contributed by atoms with E-state index in [4.69, 9.17) is 18.6 Å². The number of benzene rings is 2. The Kier molecular flexibility index (Phi) is 7.80. The van der Waals surface area contributed by atoms with Gasteiger partial charge in [0, 0.05) is 27.1 Å². The lowest BCUT2D eigenvalue weighted by molar-refractivity contribution is 0.0923. The van der Waals surface area contributed by atoms with Gasteiger partial charge in [0.2, 0.25) is 0 Å². The minimum Gasteiger partial charge on any atom is -0.493 e. The van der Waals surface area contributed by atoms with E-state index in [2.05, 4.69) is 57.0 Å². The van der Waals surface area contributed by atoms with Crippen LogP contribution in [0.3, 0.4) is 0 Å². The topological polar surface area (TPSA) is 87.2 Å². The monoisotopic (exact) mass is 551 g/mol. The zero-order valence-electron chi connectivity index (χ0n) is 20.4. The van der Waals surface area contributed by atoms with Crippen LogP contribution in [0.4, 0.5) is 0 Å². The maximum atomic E-state index is 12.4. The molecule has 2 heterocycles. The van der Waals surface area contributed by atoms with Gasteiger partial charge in [0.25, 0.3) is 0 Å². The molecule has 0 unspecified atom stereocenters. The van der Waals surface area contributed by atoms with Gasteiger partial charge in [0.15, 0.2) is 17.3 Å². The van der Waals surface area contributed by atoms with E-state index in [0.29, 0.717) is 28.6 Å². The van der Waals surface area contributed by atoms with Gasteiger partial charge in [0.05, 0.1) is 20.4 Å². The molecule has 8 nitrogen and oxygen atoms in total. The van der Waals surface area contributed by atoms with E-state index in [0.717, 1.165) is 10.2 Å². The lowest BCUT2D eigenvalue weighted by atomic mass is 10.2. The van der Waals surface area contributed by atoms with Crippen molar-refractivity contribution in [3.05, 3.63) is 93.6 Å². The van der Waals surface area contributed by atoms with Crippen LogP contribution in [0.5, 0.6) is 17.2 Å². The molecular formula is C27H26BrN3O5. The molecule has 0 aliphatic rings. The Bertz CT molecular complexity index is 1370. The number of furan rings is 1. The summed E-state index contributed by atoms with van der Waals surface area (Å²) in [5.41, 5.74) is 6.49. The summed E-state index contributed by atoms with van der Waals surface area (Å²) in [6.45, 7) is 4.33. The Labute approximate surface area is 217 Å². The zero-order chi connectivity index (χ0) is 25.7. The number of halogens is 1. The molecule has 36 heavy (non-hydrogen) atoms. The van der Waals surface area contributed by atoms with Crippen LogP contribution in [-0.4, -0.2) is 30.9 Å². The van der Waals surface area contributed by atoms with Crippen molar-refractivity contribution in [1.29, 1.82) is 0 Å². The van der Waals surface area contributed by atoms with E-state index in [-0.39, 0.29) is 12.4 Å². The first-order valence-electron chi connectivity index (χ1n) is 11.1. The molecule has 186 valence electrons. The smallest absolute Gasteiger partial charge is 0.307 e. The van der Waals surface area contributed by atoms with E-state index in [9.17, 15) is 4.79 Å². The molecule has 2 aromatic heterocycles. The van der Waals surface area contributed by atoms with Crippen molar-refractivity contribution in [2.24, 2.45) is 5.10 Å². The second-order valence-electron chi connectivity index (χ2n) is 7.93. The molecule has 0 aliphatic heterocycles. The van der Waals surface area contributed by atoms with Crippen LogP contribution in [0.25, 0.3) is 5.69 Å². The van der Waals surface area contributed by atoms with Crippen LogP contribution in [0.2, 0.25) is 0 Å². The summed E-state index contributed by atoms with van der Waals surface area (Å²) in [5, 5.41) is 4.01. The molecule has 4 aromatic rings. The Balaban J connectivity index is 1.34. The molecule has 0 atom stereocenters. The zero-order valence-corrected chi connectivity index (χ0v) is 22.0. The maximum Gasteiger partial charge on any atom is 0.307 e. The highest BCUT2D eigenvalue weighted by molar-refractivity contribution is 9.10. The summed E-state index contributed by atoms with van der Waals surface area (Å²) in [6, 6.07) is 18.8. The van der Waals surface area contributed by atoms with Crippen molar-refractivity contribution in [1.82, 2.24) is 9.99 Å². The second-order valence-corrected chi connectivity index (χ2v) is 8.85. The van der Waals surface area contributed by atoms with Crippen LogP contribution in [0, 0.1) is 13.8 Å². The minimum atomic E-state index is -0.486. The Morgan fingerprint density at radius 3 is 2.42 bits per heavy atom. The lowest BCUT2D eigenvalue weighted by Crippen LogP contribution is -2.16. The number of aryl methyl sites for hydroxylation is 2. The molecule has 1 N–H and O–H groups in total. The highest BCUT2D eigenvalue weighted by atomic mass is 79.9. The number of hydrazone groups is 1. The van der Waals surface area contributed by atoms with Gasteiger partial charge in [-0.1, -0.05) is 15.9 Å². The third-order valence-electron chi connectivity index (χ3n) is 5.47. The van der Waals surface area contributed by atoms with E-state index in [1.165, 1.54) is 24.7 Å². The number of ether oxygens (including phenoxy) is 3. The molecule has 0 bridgehead atoms. The van der Waals surface area contributed by atoms with Crippen molar-refractivity contribution in [2.45, 2.75) is 20.5 Å². The number of hydrogen-bond donors (Lipinski definition) is 1. The van der Waals surface area contributed by atoms with Gasteiger partial charge in [-0.25, -0.2) is 5.43 Å². The fraction of sp³-hybridized carbons (Fsp3) is 0.185. The number of methoxy groups -OCH3 is 2. The molecule has 0 saturated carbocycles. The minimum absolute atomic E-state index is 0.124. The molecule has 9 heteroatoms. The molecule has 0 radical (unpaired) electrons. The summed E-state index contributed by atoms with van der Waals surface area (Å²) >= 11 is 3.41. The van der Waals surface area contributed by atoms with Crippen LogP contribution in [-0.2, 0) is 6.61 Å². The van der Waals surface area contributed by atoms with Gasteiger partial charge in [-0.15, -0.1) is 0 Å². The van der Waals surface area contributed by atoms with Crippen LogP contribution in [0.1, 0.15) is 33.3 Å². The van der Waals surface area contributed by atoms with Crippen LogP contribution < -0.4 is 19.6 Å². The SMILES string of the molecule is COc1cc(Br)cc(C=NNC(=O)c2ccc(COc3ccc(-n4c(C)ccc4C)cc3)o2)c1OC. The second kappa shape index (κ2) is 11.2. The first kappa shape index (κ1) is 25.1. The number of carbonyl (C=O) groups is 1. The van der Waals surface area contributed by atoms with Gasteiger partial charge >= 0.3 is 5.91 Å². The summed E-state index contributed by atoms with van der Waals surface area (Å²) in [5.74, 6) is 1.90. The molecule has 4 rings (SSSR count). The largest absolute Gasteiger partial charge is 0.493 e. The Hall–Kier alpha value is -3.98. The quantitative estimate of drug-likeness (QED) is 0.209. The maximum absolute atomic E-state index is 12.4. The summed E-state index contributed by atoms with van der Waals surface area (Å²) in [7, 11) is 3.08. The van der Waals surface area contributed by atoms with Gasteiger partial charge < -0.3 is 23.2 Å². The Morgan fingerprint density at radius 2 is 1.75 bits per heavy atom. The third-order valence-corrected chi connectivity index (χ3v) is 5.93. The standard InChI is InChI=1S/C27H26BrN3O5/c1-17-5-6-18(2)31(17)21-7-9-22(10-8-21)35-16-23-11-12-24(36-23)27(32)30-29-15-19-13-20(28)14-25(33-3)26(19)34-4/h5-15H,16H2,1-4H3,(H,30,32). The van der Waals surface area contributed by atoms with E-state index in [1.54, 1.807) is 31.4 Å². The van der Waals surface area contributed by atoms with Crippen LogP contribution in [0.15, 0.2) is 74.7 Å². The van der Waals surface area contributed by atoms with Crippen molar-refractivity contribution < 1.29 is 23.4 Å². The average Bonchev–Trinajstić information content (AvgIpc) is 3.49. The molecule has 2 aromatic carbocycles. The Morgan fingerprint density at radius 1 is 1.03 bits per heavy atom.